The summed E-state index contributed by atoms with van der Waals surface area (Å²) in [6, 6.07) is 12.5. The van der Waals surface area contributed by atoms with E-state index in [4.69, 9.17) is 11.6 Å². The van der Waals surface area contributed by atoms with Crippen LogP contribution in [0.3, 0.4) is 0 Å². The first-order chi connectivity index (χ1) is 12.2. The first kappa shape index (κ1) is 20.3. The third-order valence-corrected chi connectivity index (χ3v) is 4.15. The first-order valence-corrected chi connectivity index (χ1v) is 8.60. The monoisotopic (exact) mass is 385 g/mol. The Morgan fingerprint density at radius 2 is 1.62 bits per heavy atom. The molecule has 2 aromatic carbocycles. The molecule has 1 amide bonds. The number of rotatable bonds is 7. The van der Waals surface area contributed by atoms with Gasteiger partial charge >= 0.3 is 6.18 Å². The normalized spacial score (nSPS) is 12.7. The van der Waals surface area contributed by atoms with Gasteiger partial charge < -0.3 is 10.2 Å². The average Bonchev–Trinajstić information content (AvgIpc) is 2.56. The van der Waals surface area contributed by atoms with Crippen molar-refractivity contribution in [3.63, 3.8) is 0 Å². The van der Waals surface area contributed by atoms with Crippen LogP contribution in [0.2, 0.25) is 5.02 Å². The van der Waals surface area contributed by atoms with Gasteiger partial charge in [0.2, 0.25) is 0 Å². The molecule has 0 aliphatic heterocycles. The summed E-state index contributed by atoms with van der Waals surface area (Å²) < 4.78 is 37.7. The smallest absolute Gasteiger partial charge is 0.351 e. The van der Waals surface area contributed by atoms with Gasteiger partial charge in [-0.15, -0.1) is 0 Å². The summed E-state index contributed by atoms with van der Waals surface area (Å²) in [5, 5.41) is 3.52. The van der Waals surface area contributed by atoms with Crippen molar-refractivity contribution in [2.24, 2.45) is 0 Å². The van der Waals surface area contributed by atoms with Crippen molar-refractivity contribution in [1.29, 1.82) is 0 Å². The Balaban J connectivity index is 1.73. The molecule has 0 heterocycles. The zero-order valence-electron chi connectivity index (χ0n) is 14.4. The standard InChI is InChI=1S/C19H20ClF3N2O/c1-25(12-15-2-6-16(7-3-15)19(21,22)23)13-18(26)24-11-10-14-4-8-17(20)9-5-14/h2-9H,10-13H2,1H3,(H,24,26)/p+1. The molecule has 0 aromatic heterocycles. The first-order valence-electron chi connectivity index (χ1n) is 8.22. The fourth-order valence-corrected chi connectivity index (χ4v) is 2.68. The second-order valence-corrected chi connectivity index (χ2v) is 6.67. The van der Waals surface area contributed by atoms with E-state index in [1.54, 1.807) is 12.1 Å². The zero-order chi connectivity index (χ0) is 19.2. The van der Waals surface area contributed by atoms with E-state index in [-0.39, 0.29) is 12.5 Å². The molecule has 0 aliphatic carbocycles. The van der Waals surface area contributed by atoms with E-state index in [2.05, 4.69) is 5.32 Å². The molecular weight excluding hydrogens is 365 g/mol. The third-order valence-electron chi connectivity index (χ3n) is 3.90. The number of likely N-dealkylation sites (N-methyl/N-ethyl adjacent to an activating group) is 1. The molecule has 0 bridgehead atoms. The highest BCUT2D eigenvalue weighted by atomic mass is 35.5. The lowest BCUT2D eigenvalue weighted by atomic mass is 10.1. The van der Waals surface area contributed by atoms with Crippen molar-refractivity contribution in [3.8, 4) is 0 Å². The molecular formula is C19H21ClF3N2O+. The molecule has 0 spiro atoms. The van der Waals surface area contributed by atoms with E-state index >= 15 is 0 Å². The largest absolute Gasteiger partial charge is 0.416 e. The SMILES string of the molecule is C[NH+](CC(=O)NCCc1ccc(Cl)cc1)Cc1ccc(C(F)(F)F)cc1. The molecule has 140 valence electrons. The van der Waals surface area contributed by atoms with Gasteiger partial charge in [0, 0.05) is 17.1 Å². The molecule has 2 aromatic rings. The summed E-state index contributed by atoms with van der Waals surface area (Å²) in [6.07, 6.45) is -3.62. The number of alkyl halides is 3. The summed E-state index contributed by atoms with van der Waals surface area (Å²) in [7, 11) is 1.83. The Bertz CT molecular complexity index is 715. The van der Waals surface area contributed by atoms with Crippen molar-refractivity contribution >= 4 is 17.5 Å². The van der Waals surface area contributed by atoms with Gasteiger partial charge in [-0.3, -0.25) is 4.79 Å². The molecule has 7 heteroatoms. The number of carbonyl (C=O) groups is 1. The molecule has 0 saturated heterocycles. The molecule has 0 radical (unpaired) electrons. The van der Waals surface area contributed by atoms with E-state index < -0.39 is 11.7 Å². The third kappa shape index (κ3) is 6.69. The van der Waals surface area contributed by atoms with Crippen LogP contribution in [0.1, 0.15) is 16.7 Å². The number of halogens is 4. The minimum absolute atomic E-state index is 0.0941. The van der Waals surface area contributed by atoms with Crippen LogP contribution < -0.4 is 10.2 Å². The Hall–Kier alpha value is -2.05. The summed E-state index contributed by atoms with van der Waals surface area (Å²) in [6.45, 7) is 1.25. The molecule has 1 unspecified atom stereocenters. The highest BCUT2D eigenvalue weighted by Crippen LogP contribution is 2.28. The fourth-order valence-electron chi connectivity index (χ4n) is 2.56. The molecule has 0 fully saturated rings. The molecule has 0 saturated carbocycles. The highest BCUT2D eigenvalue weighted by molar-refractivity contribution is 6.30. The fraction of sp³-hybridized carbons (Fsp3) is 0.316. The van der Waals surface area contributed by atoms with Crippen molar-refractivity contribution in [2.75, 3.05) is 20.1 Å². The molecule has 3 nitrogen and oxygen atoms in total. The second kappa shape index (κ2) is 9.05. The van der Waals surface area contributed by atoms with E-state index in [1.165, 1.54) is 12.1 Å². The van der Waals surface area contributed by atoms with Gasteiger partial charge in [0.05, 0.1) is 12.6 Å². The van der Waals surface area contributed by atoms with E-state index in [0.29, 0.717) is 24.5 Å². The number of benzene rings is 2. The minimum Gasteiger partial charge on any atom is -0.351 e. The van der Waals surface area contributed by atoms with Crippen LogP contribution in [0.25, 0.3) is 0 Å². The van der Waals surface area contributed by atoms with Gasteiger partial charge in [0.25, 0.3) is 5.91 Å². The van der Waals surface area contributed by atoms with Gasteiger partial charge in [-0.1, -0.05) is 35.9 Å². The summed E-state index contributed by atoms with van der Waals surface area (Å²) in [4.78, 5) is 12.9. The average molecular weight is 386 g/mol. The highest BCUT2D eigenvalue weighted by Gasteiger charge is 2.30. The number of quaternary nitrogens is 1. The predicted octanol–water partition coefficient (Wildman–Crippen LogP) is 2.73. The topological polar surface area (TPSA) is 33.5 Å². The van der Waals surface area contributed by atoms with Crippen LogP contribution in [0, 0.1) is 0 Å². The Kier molecular flexibility index (Phi) is 7.06. The van der Waals surface area contributed by atoms with Gasteiger partial charge in [-0.2, -0.15) is 13.2 Å². The van der Waals surface area contributed by atoms with Crippen LogP contribution in [0.15, 0.2) is 48.5 Å². The Morgan fingerprint density at radius 3 is 2.19 bits per heavy atom. The maximum Gasteiger partial charge on any atom is 0.416 e. The lowest BCUT2D eigenvalue weighted by Crippen LogP contribution is -3.08. The van der Waals surface area contributed by atoms with Crippen molar-refractivity contribution in [1.82, 2.24) is 5.32 Å². The van der Waals surface area contributed by atoms with Crippen LogP contribution in [-0.2, 0) is 23.9 Å². The zero-order valence-corrected chi connectivity index (χ0v) is 15.1. The maximum atomic E-state index is 12.6. The van der Waals surface area contributed by atoms with Gasteiger partial charge in [-0.05, 0) is 36.2 Å². The summed E-state index contributed by atoms with van der Waals surface area (Å²) in [5.41, 5.74) is 1.17. The molecule has 2 rings (SSSR count). The lowest BCUT2D eigenvalue weighted by Gasteiger charge is -2.14. The van der Waals surface area contributed by atoms with E-state index in [1.807, 2.05) is 19.2 Å². The van der Waals surface area contributed by atoms with E-state index in [9.17, 15) is 18.0 Å². The number of hydrogen-bond donors (Lipinski definition) is 2. The van der Waals surface area contributed by atoms with Gasteiger partial charge in [0.15, 0.2) is 6.54 Å². The quantitative estimate of drug-likeness (QED) is 0.755. The number of amides is 1. The number of carbonyl (C=O) groups excluding carboxylic acids is 1. The van der Waals surface area contributed by atoms with Crippen LogP contribution in [-0.4, -0.2) is 26.0 Å². The van der Waals surface area contributed by atoms with Crippen LogP contribution >= 0.6 is 11.6 Å². The number of hydrogen-bond acceptors (Lipinski definition) is 1. The summed E-state index contributed by atoms with van der Waals surface area (Å²) in [5.74, 6) is -0.0941. The second-order valence-electron chi connectivity index (χ2n) is 6.23. The lowest BCUT2D eigenvalue weighted by molar-refractivity contribution is -0.885. The van der Waals surface area contributed by atoms with Crippen LogP contribution in [0.5, 0.6) is 0 Å². The van der Waals surface area contributed by atoms with Gasteiger partial charge in [-0.25, -0.2) is 0 Å². The van der Waals surface area contributed by atoms with Gasteiger partial charge in [0.1, 0.15) is 6.54 Å². The minimum atomic E-state index is -4.33. The van der Waals surface area contributed by atoms with Crippen molar-refractivity contribution in [2.45, 2.75) is 19.1 Å². The number of nitrogens with one attached hydrogen (secondary N) is 2. The molecule has 0 aliphatic rings. The predicted molar refractivity (Wildman–Crippen MR) is 95.1 cm³/mol. The Labute approximate surface area is 155 Å². The van der Waals surface area contributed by atoms with Crippen molar-refractivity contribution < 1.29 is 22.9 Å². The molecule has 2 N–H and O–H groups in total. The van der Waals surface area contributed by atoms with Crippen LogP contribution in [0.4, 0.5) is 13.2 Å². The Morgan fingerprint density at radius 1 is 1.04 bits per heavy atom. The van der Waals surface area contributed by atoms with E-state index in [0.717, 1.165) is 28.2 Å². The maximum absolute atomic E-state index is 12.6. The summed E-state index contributed by atoms with van der Waals surface area (Å²) >= 11 is 5.82. The molecule has 1 atom stereocenters. The van der Waals surface area contributed by atoms with Crippen molar-refractivity contribution in [3.05, 3.63) is 70.2 Å². The molecule has 26 heavy (non-hydrogen) atoms.